The summed E-state index contributed by atoms with van der Waals surface area (Å²) in [5, 5.41) is 32.2. The first kappa shape index (κ1) is 41.2. The van der Waals surface area contributed by atoms with Crippen LogP contribution in [0, 0.1) is 10.1 Å². The molecular weight excluding hydrogens is 664 g/mol. The largest absolute Gasteiger partial charge is 0.477 e. The molecule has 0 heterocycles. The van der Waals surface area contributed by atoms with Gasteiger partial charge in [0.2, 0.25) is 29.8 Å². The monoisotopic (exact) mass is 708 g/mol. The number of nitrogens with one attached hydrogen (secondary N) is 5. The van der Waals surface area contributed by atoms with E-state index >= 15 is 0 Å². The maximum absolute atomic E-state index is 13.1. The van der Waals surface area contributed by atoms with Crippen molar-refractivity contribution in [3.8, 4) is 0 Å². The van der Waals surface area contributed by atoms with Gasteiger partial charge in [-0.2, -0.15) is 0 Å². The van der Waals surface area contributed by atoms with E-state index in [0.717, 1.165) is 6.20 Å². The van der Waals surface area contributed by atoms with Crippen molar-refractivity contribution < 1.29 is 38.8 Å². The van der Waals surface area contributed by atoms with Crippen LogP contribution in [0.1, 0.15) is 53.6 Å². The second-order valence-corrected chi connectivity index (χ2v) is 11.2. The Labute approximate surface area is 294 Å². The Kier molecular flexibility index (Phi) is 18.3. The van der Waals surface area contributed by atoms with Gasteiger partial charge in [-0.1, -0.05) is 48.5 Å². The highest BCUT2D eigenvalue weighted by Crippen LogP contribution is 2.09. The summed E-state index contributed by atoms with van der Waals surface area (Å²) in [6.45, 7) is -0.430. The smallest absolute Gasteiger partial charge is 0.352 e. The number of amides is 5. The number of hydrogen-bond acceptors (Lipinski definition) is 10. The average molecular weight is 709 g/mol. The van der Waals surface area contributed by atoms with Gasteiger partial charge in [-0.25, -0.2) is 4.79 Å². The number of aliphatic carboxylic acids is 1. The van der Waals surface area contributed by atoms with Crippen molar-refractivity contribution in [1.29, 1.82) is 0 Å². The zero-order chi connectivity index (χ0) is 37.6. The van der Waals surface area contributed by atoms with Crippen LogP contribution < -0.4 is 38.1 Å². The predicted molar refractivity (Wildman–Crippen MR) is 187 cm³/mol. The molecule has 17 nitrogen and oxygen atoms in total. The first-order valence-electron chi connectivity index (χ1n) is 16.2. The number of nitrogens with zero attached hydrogens (tertiary/aromatic N) is 1. The molecule has 0 saturated carbocycles. The quantitative estimate of drug-likeness (QED) is 0.0347. The summed E-state index contributed by atoms with van der Waals surface area (Å²) < 4.78 is 0. The molecule has 51 heavy (non-hydrogen) atoms. The molecule has 0 aromatic heterocycles. The van der Waals surface area contributed by atoms with Gasteiger partial charge in [0, 0.05) is 18.1 Å². The van der Waals surface area contributed by atoms with Crippen LogP contribution in [0.5, 0.6) is 0 Å². The molecule has 5 amide bonds. The van der Waals surface area contributed by atoms with Crippen molar-refractivity contribution in [2.75, 3.05) is 26.2 Å². The fourth-order valence-corrected chi connectivity index (χ4v) is 4.53. The van der Waals surface area contributed by atoms with E-state index in [0.29, 0.717) is 49.9 Å². The lowest BCUT2D eigenvalue weighted by molar-refractivity contribution is -0.400. The van der Waals surface area contributed by atoms with Gasteiger partial charge in [0.25, 0.3) is 5.91 Å². The van der Waals surface area contributed by atoms with Crippen LogP contribution in [0.4, 0.5) is 0 Å². The van der Waals surface area contributed by atoms with Crippen molar-refractivity contribution in [2.45, 2.75) is 50.6 Å². The maximum atomic E-state index is 13.1. The second-order valence-electron chi connectivity index (χ2n) is 11.2. The molecule has 0 radical (unpaired) electrons. The number of nitro groups is 1. The fourth-order valence-electron chi connectivity index (χ4n) is 4.53. The molecule has 0 spiro atoms. The van der Waals surface area contributed by atoms with Crippen LogP contribution in [0.3, 0.4) is 0 Å². The van der Waals surface area contributed by atoms with Gasteiger partial charge in [-0.15, -0.1) is 0 Å². The Morgan fingerprint density at radius 1 is 0.804 bits per heavy atom. The standard InChI is InChI=1S/C34H44N8O9/c35-17-6-4-10-26(41-31(45)25-14-12-23(13-15-25)16-19-42(50)51)32(46)37-22-30(44)40-28(20-24-8-2-1-3-9-24)33(47)38-21-29(43)39-27(34(48)49)11-5-7-18-36/h1-3,8-9,11-16,19,26,28H,4-7,10,17-18,20-22,35-36H2,(H,37,46)(H,38,47)(H,39,43)(H,40,44)(H,41,45)(H,48,49)/b19-16+,27-11+/t26-,28-/m0/s1. The summed E-state index contributed by atoms with van der Waals surface area (Å²) in [4.78, 5) is 86.0. The summed E-state index contributed by atoms with van der Waals surface area (Å²) >= 11 is 0. The zero-order valence-corrected chi connectivity index (χ0v) is 28.0. The van der Waals surface area contributed by atoms with Gasteiger partial charge in [0.05, 0.1) is 18.0 Å². The van der Waals surface area contributed by atoms with E-state index in [1.165, 1.54) is 36.4 Å². The van der Waals surface area contributed by atoms with E-state index in [9.17, 15) is 44.0 Å². The molecule has 2 aromatic rings. The van der Waals surface area contributed by atoms with Crippen LogP contribution in [0.15, 0.2) is 72.6 Å². The van der Waals surface area contributed by atoms with Crippen molar-refractivity contribution in [1.82, 2.24) is 26.6 Å². The van der Waals surface area contributed by atoms with E-state index in [2.05, 4.69) is 26.6 Å². The molecule has 274 valence electrons. The van der Waals surface area contributed by atoms with Crippen molar-refractivity contribution in [3.05, 3.63) is 99.4 Å². The first-order valence-corrected chi connectivity index (χ1v) is 16.2. The molecule has 10 N–H and O–H groups in total. The van der Waals surface area contributed by atoms with E-state index in [1.807, 2.05) is 0 Å². The summed E-state index contributed by atoms with van der Waals surface area (Å²) in [5.41, 5.74) is 12.0. The highest BCUT2D eigenvalue weighted by molar-refractivity contribution is 5.99. The highest BCUT2D eigenvalue weighted by atomic mass is 16.6. The molecule has 0 bridgehead atoms. The number of rotatable bonds is 22. The zero-order valence-electron chi connectivity index (χ0n) is 28.0. The SMILES string of the molecule is NCCC/C=C(/NC(=O)CNC(=O)[C@H](Cc1ccccc1)NC(=O)CNC(=O)[C@H](CCCCN)NC(=O)c1ccc(/C=C/[N+](=O)[O-])cc1)C(=O)O. The molecule has 2 rings (SSSR count). The Morgan fingerprint density at radius 2 is 1.43 bits per heavy atom. The third-order valence-electron chi connectivity index (χ3n) is 7.17. The number of hydrogen-bond donors (Lipinski definition) is 8. The van der Waals surface area contributed by atoms with Gasteiger partial charge >= 0.3 is 5.97 Å². The van der Waals surface area contributed by atoms with Crippen molar-refractivity contribution in [3.63, 3.8) is 0 Å². The van der Waals surface area contributed by atoms with Gasteiger partial charge in [0.15, 0.2) is 0 Å². The first-order chi connectivity index (χ1) is 24.4. The third-order valence-corrected chi connectivity index (χ3v) is 7.17. The minimum Gasteiger partial charge on any atom is -0.477 e. The minimum atomic E-state index is -1.36. The summed E-state index contributed by atoms with van der Waals surface area (Å²) in [5.74, 6) is -4.86. The molecule has 17 heteroatoms. The van der Waals surface area contributed by atoms with Crippen LogP contribution in [0.25, 0.3) is 6.08 Å². The number of allylic oxidation sites excluding steroid dienone is 1. The van der Waals surface area contributed by atoms with Crippen molar-refractivity contribution in [2.24, 2.45) is 11.5 Å². The fraction of sp³-hybridized carbons (Fsp3) is 0.353. The molecule has 2 atom stereocenters. The lowest BCUT2D eigenvalue weighted by Gasteiger charge is -2.21. The predicted octanol–water partition coefficient (Wildman–Crippen LogP) is -0.0551. The lowest BCUT2D eigenvalue weighted by Crippen LogP contribution is -2.53. The summed E-state index contributed by atoms with van der Waals surface area (Å²) in [6.07, 6.45) is 5.51. The van der Waals surface area contributed by atoms with Gasteiger partial charge < -0.3 is 43.2 Å². The average Bonchev–Trinajstić information content (AvgIpc) is 3.11. The summed E-state index contributed by atoms with van der Waals surface area (Å²) in [7, 11) is 0. The number of carbonyl (C=O) groups is 6. The van der Waals surface area contributed by atoms with Gasteiger partial charge in [0.1, 0.15) is 17.8 Å². The molecule has 0 aliphatic rings. The Morgan fingerprint density at radius 3 is 2.04 bits per heavy atom. The summed E-state index contributed by atoms with van der Waals surface area (Å²) in [6, 6.07) is 12.4. The minimum absolute atomic E-state index is 0.0335. The van der Waals surface area contributed by atoms with Crippen molar-refractivity contribution >= 4 is 41.6 Å². The van der Waals surface area contributed by atoms with Crippen LogP contribution in [-0.4, -0.2) is 83.8 Å². The molecule has 0 unspecified atom stereocenters. The van der Waals surface area contributed by atoms with Crippen LogP contribution in [0.2, 0.25) is 0 Å². The van der Waals surface area contributed by atoms with E-state index < -0.39 is 65.6 Å². The lowest BCUT2D eigenvalue weighted by atomic mass is 10.1. The molecule has 0 aliphatic carbocycles. The van der Waals surface area contributed by atoms with E-state index in [4.69, 9.17) is 11.5 Å². The molecular formula is C34H44N8O9. The Balaban J connectivity index is 2.06. The number of carbonyl (C=O) groups excluding carboxylic acids is 5. The van der Waals surface area contributed by atoms with Gasteiger partial charge in [-0.3, -0.25) is 34.1 Å². The number of nitrogens with two attached hydrogens (primary N) is 2. The van der Waals surface area contributed by atoms with E-state index in [1.54, 1.807) is 30.3 Å². The molecule has 0 saturated heterocycles. The topological polar surface area (TPSA) is 278 Å². The molecule has 2 aromatic carbocycles. The Hall–Kier alpha value is -5.94. The number of carboxylic acids is 1. The molecule has 0 fully saturated rings. The third kappa shape index (κ3) is 16.3. The highest BCUT2D eigenvalue weighted by Gasteiger charge is 2.25. The van der Waals surface area contributed by atoms with Crippen LogP contribution in [-0.2, 0) is 30.4 Å². The molecule has 0 aliphatic heterocycles. The number of unbranched alkanes of at least 4 members (excludes halogenated alkanes) is 2. The number of benzene rings is 2. The number of carboxylic acid groups (broad SMARTS) is 1. The maximum Gasteiger partial charge on any atom is 0.352 e. The normalized spacial score (nSPS) is 12.3. The van der Waals surface area contributed by atoms with Gasteiger partial charge in [-0.05, 0) is 68.5 Å². The second kappa shape index (κ2) is 22.6. The Bertz CT molecular complexity index is 1560. The van der Waals surface area contributed by atoms with E-state index in [-0.39, 0.29) is 24.1 Å². The van der Waals surface area contributed by atoms with Crippen LogP contribution >= 0.6 is 0 Å².